The summed E-state index contributed by atoms with van der Waals surface area (Å²) >= 11 is 0. The lowest BCUT2D eigenvalue weighted by Crippen LogP contribution is -2.17. The Kier molecular flexibility index (Phi) is 5.91. The summed E-state index contributed by atoms with van der Waals surface area (Å²) in [5.41, 5.74) is 4.55. The molecule has 0 heterocycles. The highest BCUT2D eigenvalue weighted by atomic mass is 16.5. The van der Waals surface area contributed by atoms with Crippen LogP contribution in [0.4, 0.5) is 0 Å². The van der Waals surface area contributed by atoms with E-state index in [9.17, 15) is 9.90 Å². The molecule has 5 nitrogen and oxygen atoms in total. The van der Waals surface area contributed by atoms with Crippen molar-refractivity contribution < 1.29 is 14.6 Å². The highest BCUT2D eigenvalue weighted by Gasteiger charge is 2.11. The van der Waals surface area contributed by atoms with E-state index in [2.05, 4.69) is 40.9 Å². The van der Waals surface area contributed by atoms with E-state index in [1.807, 2.05) is 60.7 Å². The number of hydrazone groups is 1. The van der Waals surface area contributed by atoms with Gasteiger partial charge < -0.3 is 9.84 Å². The van der Waals surface area contributed by atoms with Gasteiger partial charge >= 0.3 is 0 Å². The van der Waals surface area contributed by atoms with Crippen LogP contribution >= 0.6 is 0 Å². The largest absolute Gasteiger partial charge is 0.507 e. The lowest BCUT2D eigenvalue weighted by molar-refractivity contribution is 0.0952. The van der Waals surface area contributed by atoms with Gasteiger partial charge in [-0.3, -0.25) is 4.79 Å². The van der Waals surface area contributed by atoms with Gasteiger partial charge in [-0.1, -0.05) is 60.7 Å². The fourth-order valence-corrected chi connectivity index (χ4v) is 3.78. The molecule has 5 heteroatoms. The summed E-state index contributed by atoms with van der Waals surface area (Å²) < 4.78 is 5.90. The maximum Gasteiger partial charge on any atom is 0.275 e. The van der Waals surface area contributed by atoms with Crippen molar-refractivity contribution in [3.63, 3.8) is 0 Å². The van der Waals surface area contributed by atoms with Gasteiger partial charge in [0, 0.05) is 0 Å². The Morgan fingerprint density at radius 2 is 1.44 bits per heavy atom. The monoisotopic (exact) mass is 446 g/mol. The molecule has 1 amide bonds. The number of fused-ring (bicyclic) bond motifs is 2. The van der Waals surface area contributed by atoms with Gasteiger partial charge in [0.2, 0.25) is 0 Å². The molecular formula is C29H22N2O3. The topological polar surface area (TPSA) is 70.9 Å². The second-order valence-electron chi connectivity index (χ2n) is 7.95. The minimum atomic E-state index is -0.477. The zero-order chi connectivity index (χ0) is 23.3. The molecular weight excluding hydrogens is 424 g/mol. The van der Waals surface area contributed by atoms with E-state index in [4.69, 9.17) is 4.74 Å². The van der Waals surface area contributed by atoms with Crippen LogP contribution in [0.3, 0.4) is 0 Å². The number of nitrogens with one attached hydrogen (secondary N) is 1. The molecule has 0 aromatic heterocycles. The molecule has 0 aliphatic heterocycles. The minimum absolute atomic E-state index is 0.0840. The third-order valence-electron chi connectivity index (χ3n) is 5.59. The van der Waals surface area contributed by atoms with Gasteiger partial charge in [0.15, 0.2) is 0 Å². The molecule has 0 bridgehead atoms. The molecule has 5 aromatic carbocycles. The average molecular weight is 447 g/mol. The minimum Gasteiger partial charge on any atom is -0.507 e. The normalized spacial score (nSPS) is 11.2. The van der Waals surface area contributed by atoms with Crippen molar-refractivity contribution >= 4 is 33.7 Å². The molecule has 5 rings (SSSR count). The maximum atomic E-state index is 12.5. The number of aromatic hydroxyl groups is 1. The van der Waals surface area contributed by atoms with Crippen LogP contribution in [0.2, 0.25) is 0 Å². The van der Waals surface area contributed by atoms with Gasteiger partial charge in [-0.25, -0.2) is 5.43 Å². The van der Waals surface area contributed by atoms with E-state index in [1.54, 1.807) is 18.3 Å². The van der Waals surface area contributed by atoms with Gasteiger partial charge in [-0.15, -0.1) is 0 Å². The Morgan fingerprint density at radius 1 is 0.794 bits per heavy atom. The number of carbonyl (C=O) groups excluding carboxylic acids is 1. The molecule has 5 aromatic rings. The first kappa shape index (κ1) is 21.2. The second kappa shape index (κ2) is 9.46. The standard InChI is InChI=1S/C29H22N2O3/c32-28-17-25-8-4-3-7-24(25)16-27(28)29(33)31-30-18-20-10-13-26(14-11-20)34-19-21-9-12-22-5-1-2-6-23(22)15-21/h1-18,32H,19H2,(H,31,33)/b30-18+. The van der Waals surface area contributed by atoms with E-state index < -0.39 is 5.91 Å². The zero-order valence-electron chi connectivity index (χ0n) is 18.3. The Morgan fingerprint density at radius 3 is 2.18 bits per heavy atom. The fraction of sp³-hybridized carbons (Fsp3) is 0.0345. The number of nitrogens with zero attached hydrogens (tertiary/aromatic N) is 1. The van der Waals surface area contributed by atoms with Crippen molar-refractivity contribution in [2.24, 2.45) is 5.10 Å². The van der Waals surface area contributed by atoms with Gasteiger partial charge in [-0.05, 0) is 75.1 Å². The summed E-state index contributed by atoms with van der Waals surface area (Å²) in [5, 5.41) is 18.3. The number of carbonyl (C=O) groups is 1. The summed E-state index contributed by atoms with van der Waals surface area (Å²) in [7, 11) is 0. The highest BCUT2D eigenvalue weighted by molar-refractivity contribution is 6.01. The molecule has 0 aliphatic carbocycles. The third-order valence-corrected chi connectivity index (χ3v) is 5.59. The first-order valence-electron chi connectivity index (χ1n) is 10.9. The van der Waals surface area contributed by atoms with Gasteiger partial charge in [0.25, 0.3) is 5.91 Å². The number of benzene rings is 5. The van der Waals surface area contributed by atoms with Gasteiger partial charge in [0.1, 0.15) is 18.1 Å². The summed E-state index contributed by atoms with van der Waals surface area (Å²) in [6, 6.07) is 32.7. The molecule has 0 atom stereocenters. The Labute approximate surface area is 196 Å². The molecule has 34 heavy (non-hydrogen) atoms. The number of rotatable bonds is 6. The number of amides is 1. The van der Waals surface area contributed by atoms with E-state index >= 15 is 0 Å². The number of ether oxygens (including phenoxy) is 1. The van der Waals surface area contributed by atoms with E-state index in [0.29, 0.717) is 6.61 Å². The number of phenols is 1. The number of hydrogen-bond acceptors (Lipinski definition) is 4. The van der Waals surface area contributed by atoms with Crippen LogP contribution in [0, 0.1) is 0 Å². The molecule has 0 fully saturated rings. The lowest BCUT2D eigenvalue weighted by Gasteiger charge is -2.08. The smallest absolute Gasteiger partial charge is 0.275 e. The predicted octanol–water partition coefficient (Wildman–Crippen LogP) is 6.04. The van der Waals surface area contributed by atoms with Crippen LogP contribution in [0.5, 0.6) is 11.5 Å². The van der Waals surface area contributed by atoms with Crippen LogP contribution < -0.4 is 10.2 Å². The number of hydrogen-bond donors (Lipinski definition) is 2. The molecule has 0 unspecified atom stereocenters. The fourth-order valence-electron chi connectivity index (χ4n) is 3.78. The number of phenolic OH excluding ortho intramolecular Hbond substituents is 1. The van der Waals surface area contributed by atoms with E-state index in [1.165, 1.54) is 10.8 Å². The molecule has 0 saturated heterocycles. The summed E-state index contributed by atoms with van der Waals surface area (Å²) in [5.74, 6) is 0.185. The molecule has 166 valence electrons. The van der Waals surface area contributed by atoms with Crippen LogP contribution in [-0.4, -0.2) is 17.2 Å². The summed E-state index contributed by atoms with van der Waals surface area (Å²) in [6.07, 6.45) is 1.54. The lowest BCUT2D eigenvalue weighted by atomic mass is 10.1. The summed E-state index contributed by atoms with van der Waals surface area (Å²) in [4.78, 5) is 12.5. The van der Waals surface area contributed by atoms with Crippen molar-refractivity contribution in [2.75, 3.05) is 0 Å². The van der Waals surface area contributed by atoms with E-state index in [0.717, 1.165) is 27.6 Å². The molecule has 0 aliphatic rings. The van der Waals surface area contributed by atoms with Crippen LogP contribution in [0.15, 0.2) is 108 Å². The van der Waals surface area contributed by atoms with Gasteiger partial charge in [-0.2, -0.15) is 5.10 Å². The van der Waals surface area contributed by atoms with Crippen molar-refractivity contribution in [3.8, 4) is 11.5 Å². The Balaban J connectivity index is 1.19. The van der Waals surface area contributed by atoms with Crippen molar-refractivity contribution in [1.29, 1.82) is 0 Å². The quantitative estimate of drug-likeness (QED) is 0.247. The highest BCUT2D eigenvalue weighted by Crippen LogP contribution is 2.25. The van der Waals surface area contributed by atoms with Crippen molar-refractivity contribution in [3.05, 3.63) is 120 Å². The van der Waals surface area contributed by atoms with Crippen LogP contribution in [-0.2, 0) is 6.61 Å². The van der Waals surface area contributed by atoms with Crippen molar-refractivity contribution in [2.45, 2.75) is 6.61 Å². The maximum absolute atomic E-state index is 12.5. The predicted molar refractivity (Wildman–Crippen MR) is 135 cm³/mol. The van der Waals surface area contributed by atoms with Gasteiger partial charge in [0.05, 0.1) is 11.8 Å². The first-order chi connectivity index (χ1) is 16.7. The molecule has 2 N–H and O–H groups in total. The molecule has 0 spiro atoms. The van der Waals surface area contributed by atoms with Crippen molar-refractivity contribution in [1.82, 2.24) is 5.43 Å². The summed E-state index contributed by atoms with van der Waals surface area (Å²) in [6.45, 7) is 0.476. The Hall–Kier alpha value is -4.64. The third kappa shape index (κ3) is 4.74. The molecule has 0 saturated carbocycles. The van der Waals surface area contributed by atoms with E-state index in [-0.39, 0.29) is 11.3 Å². The molecule has 0 radical (unpaired) electrons. The van der Waals surface area contributed by atoms with Crippen LogP contribution in [0.1, 0.15) is 21.5 Å². The van der Waals surface area contributed by atoms with Crippen LogP contribution in [0.25, 0.3) is 21.5 Å². The second-order valence-corrected chi connectivity index (χ2v) is 7.95. The SMILES string of the molecule is O=C(N/N=C/c1ccc(OCc2ccc3ccccc3c2)cc1)c1cc2ccccc2cc1O. The zero-order valence-corrected chi connectivity index (χ0v) is 18.3. The average Bonchev–Trinajstić information content (AvgIpc) is 2.87. The Bertz CT molecular complexity index is 1510. The first-order valence-corrected chi connectivity index (χ1v) is 10.9.